The number of phenolic OH excluding ortho intramolecular Hbond substituents is 1. The lowest BCUT2D eigenvalue weighted by atomic mass is 9.93. The Balaban J connectivity index is 0.000000269. The summed E-state index contributed by atoms with van der Waals surface area (Å²) in [7, 11) is 0. The van der Waals surface area contributed by atoms with E-state index >= 15 is 0 Å². The molecule has 0 spiro atoms. The average molecular weight is 479 g/mol. The maximum absolute atomic E-state index is 11.9. The SMILES string of the molecule is CC(O)C(=O)Cc1ccccc1.CCC(CCO)C(=O)c1ccccc1.O=Cc1ccc(O)cc1. The predicted octanol–water partition coefficient (Wildman–Crippen LogP) is 4.66. The fraction of sp³-hybridized carbons (Fsp3) is 0.276. The Bertz CT molecular complexity index is 998. The molecule has 0 bridgehead atoms. The number of carbonyl (C=O) groups excluding carboxylic acids is 3. The Morgan fingerprint density at radius 2 is 1.43 bits per heavy atom. The molecule has 3 N–H and O–H groups in total. The van der Waals surface area contributed by atoms with Crippen LogP contribution in [0, 0.1) is 5.92 Å². The molecule has 0 aliphatic heterocycles. The summed E-state index contributed by atoms with van der Waals surface area (Å²) in [6, 6.07) is 24.7. The molecule has 0 aliphatic rings. The van der Waals surface area contributed by atoms with Gasteiger partial charge >= 0.3 is 0 Å². The molecule has 0 saturated carbocycles. The second kappa shape index (κ2) is 16.9. The first kappa shape index (κ1) is 29.4. The van der Waals surface area contributed by atoms with Gasteiger partial charge in [0.15, 0.2) is 11.6 Å². The highest BCUT2D eigenvalue weighted by Crippen LogP contribution is 2.15. The summed E-state index contributed by atoms with van der Waals surface area (Å²) < 4.78 is 0. The van der Waals surface area contributed by atoms with Gasteiger partial charge in [-0.1, -0.05) is 67.6 Å². The number of aliphatic hydroxyl groups excluding tert-OH is 2. The quantitative estimate of drug-likeness (QED) is 0.305. The van der Waals surface area contributed by atoms with E-state index < -0.39 is 6.10 Å². The van der Waals surface area contributed by atoms with Crippen LogP contribution in [0.1, 0.15) is 53.0 Å². The van der Waals surface area contributed by atoms with Gasteiger partial charge in [-0.2, -0.15) is 0 Å². The third-order valence-corrected chi connectivity index (χ3v) is 5.12. The largest absolute Gasteiger partial charge is 0.508 e. The van der Waals surface area contributed by atoms with Crippen molar-refractivity contribution in [2.24, 2.45) is 5.92 Å². The number of rotatable bonds is 9. The third kappa shape index (κ3) is 11.9. The van der Waals surface area contributed by atoms with Gasteiger partial charge in [0.05, 0.1) is 0 Å². The fourth-order valence-corrected chi connectivity index (χ4v) is 3.01. The molecule has 35 heavy (non-hydrogen) atoms. The molecule has 0 heterocycles. The minimum Gasteiger partial charge on any atom is -0.508 e. The van der Waals surface area contributed by atoms with E-state index in [1.54, 1.807) is 12.1 Å². The number of Topliss-reactive ketones (excluding diaryl/α,β-unsaturated/α-hetero) is 2. The van der Waals surface area contributed by atoms with Crippen molar-refractivity contribution in [1.29, 1.82) is 0 Å². The Labute approximate surface area is 206 Å². The molecule has 0 fully saturated rings. The zero-order valence-corrected chi connectivity index (χ0v) is 20.2. The van der Waals surface area contributed by atoms with Crippen LogP contribution in [0.25, 0.3) is 0 Å². The zero-order chi connectivity index (χ0) is 26.1. The number of phenols is 1. The maximum atomic E-state index is 11.9. The van der Waals surface area contributed by atoms with Crippen LogP contribution in [-0.2, 0) is 11.2 Å². The van der Waals surface area contributed by atoms with Crippen molar-refractivity contribution in [1.82, 2.24) is 0 Å². The standard InChI is InChI=1S/C12H16O2.C10H12O2.C7H6O2/c1-2-10(8-9-13)12(14)11-6-4-3-5-7-11;1-8(11)10(12)7-9-5-3-2-4-6-9;8-5-6-1-3-7(9)4-2-6/h3-7,10,13H,2,8-9H2,1H3;2-6,8,11H,7H2,1H3;1-5,9H. The van der Waals surface area contributed by atoms with Crippen LogP contribution in [-0.4, -0.2) is 45.9 Å². The van der Waals surface area contributed by atoms with E-state index in [1.807, 2.05) is 67.6 Å². The monoisotopic (exact) mass is 478 g/mol. The molecule has 186 valence electrons. The van der Waals surface area contributed by atoms with E-state index in [1.165, 1.54) is 19.1 Å². The minimum atomic E-state index is -0.856. The lowest BCUT2D eigenvalue weighted by molar-refractivity contribution is -0.125. The molecule has 3 aromatic rings. The fourth-order valence-electron chi connectivity index (χ4n) is 3.01. The molecular formula is C29H34O6. The maximum Gasteiger partial charge on any atom is 0.166 e. The smallest absolute Gasteiger partial charge is 0.166 e. The first-order chi connectivity index (χ1) is 16.8. The van der Waals surface area contributed by atoms with E-state index in [0.717, 1.165) is 23.8 Å². The normalized spacial score (nSPS) is 11.5. The third-order valence-electron chi connectivity index (χ3n) is 5.12. The van der Waals surface area contributed by atoms with Crippen LogP contribution in [0.2, 0.25) is 0 Å². The second-order valence-electron chi connectivity index (χ2n) is 7.86. The lowest BCUT2D eigenvalue weighted by Gasteiger charge is -2.11. The van der Waals surface area contributed by atoms with Crippen molar-refractivity contribution < 1.29 is 29.7 Å². The van der Waals surface area contributed by atoms with Crippen molar-refractivity contribution >= 4 is 17.9 Å². The van der Waals surface area contributed by atoms with Crippen molar-refractivity contribution in [3.63, 3.8) is 0 Å². The first-order valence-electron chi connectivity index (χ1n) is 11.5. The number of hydrogen-bond acceptors (Lipinski definition) is 6. The number of aliphatic hydroxyl groups is 2. The van der Waals surface area contributed by atoms with Gasteiger partial charge in [-0.3, -0.25) is 14.4 Å². The molecule has 6 nitrogen and oxygen atoms in total. The van der Waals surface area contributed by atoms with Gasteiger partial charge in [0.1, 0.15) is 18.1 Å². The van der Waals surface area contributed by atoms with E-state index in [2.05, 4.69) is 0 Å². The van der Waals surface area contributed by atoms with Gasteiger partial charge in [-0.05, 0) is 49.6 Å². The second-order valence-corrected chi connectivity index (χ2v) is 7.86. The molecule has 2 atom stereocenters. The molecule has 3 aromatic carbocycles. The van der Waals surface area contributed by atoms with Crippen LogP contribution in [0.5, 0.6) is 5.75 Å². The van der Waals surface area contributed by atoms with Crippen LogP contribution in [0.4, 0.5) is 0 Å². The topological polar surface area (TPSA) is 112 Å². The molecule has 0 radical (unpaired) electrons. The highest BCUT2D eigenvalue weighted by molar-refractivity contribution is 5.97. The van der Waals surface area contributed by atoms with E-state index in [0.29, 0.717) is 18.4 Å². The minimum absolute atomic E-state index is 0.0394. The van der Waals surface area contributed by atoms with Gasteiger partial charge in [-0.25, -0.2) is 0 Å². The molecule has 3 rings (SSSR count). The van der Waals surface area contributed by atoms with Crippen molar-refractivity contribution in [2.45, 2.75) is 39.2 Å². The Kier molecular flexibility index (Phi) is 14.2. The van der Waals surface area contributed by atoms with Gasteiger partial charge in [-0.15, -0.1) is 0 Å². The molecular weight excluding hydrogens is 444 g/mol. The molecule has 2 unspecified atom stereocenters. The molecule has 0 aliphatic carbocycles. The molecule has 0 aromatic heterocycles. The van der Waals surface area contributed by atoms with E-state index in [4.69, 9.17) is 15.3 Å². The highest BCUT2D eigenvalue weighted by atomic mass is 16.3. The van der Waals surface area contributed by atoms with Crippen molar-refractivity contribution in [3.8, 4) is 5.75 Å². The number of ketones is 2. The lowest BCUT2D eigenvalue weighted by Crippen LogP contribution is -2.18. The van der Waals surface area contributed by atoms with Crippen LogP contribution >= 0.6 is 0 Å². The Hall–Kier alpha value is -3.61. The number of benzene rings is 3. The van der Waals surface area contributed by atoms with Gasteiger partial charge in [0.25, 0.3) is 0 Å². The average Bonchev–Trinajstić information content (AvgIpc) is 2.89. The molecule has 0 amide bonds. The first-order valence-corrected chi connectivity index (χ1v) is 11.5. The number of carbonyl (C=O) groups is 3. The summed E-state index contributed by atoms with van der Waals surface area (Å²) in [5, 5.41) is 26.5. The summed E-state index contributed by atoms with van der Waals surface area (Å²) in [5.74, 6) is 0.145. The summed E-state index contributed by atoms with van der Waals surface area (Å²) >= 11 is 0. The van der Waals surface area contributed by atoms with Crippen molar-refractivity contribution in [3.05, 3.63) is 102 Å². The summed E-state index contributed by atoms with van der Waals surface area (Å²) in [6.07, 6.45) is 1.54. The van der Waals surface area contributed by atoms with Crippen LogP contribution < -0.4 is 0 Å². The summed E-state index contributed by atoms with van der Waals surface area (Å²) in [5.41, 5.74) is 2.27. The van der Waals surface area contributed by atoms with Gasteiger partial charge in [0.2, 0.25) is 0 Å². The molecule has 6 heteroatoms. The number of aromatic hydroxyl groups is 1. The summed E-state index contributed by atoms with van der Waals surface area (Å²) in [4.78, 5) is 33.0. The Morgan fingerprint density at radius 1 is 0.886 bits per heavy atom. The van der Waals surface area contributed by atoms with Crippen LogP contribution in [0.15, 0.2) is 84.9 Å². The highest BCUT2D eigenvalue weighted by Gasteiger charge is 2.16. The van der Waals surface area contributed by atoms with E-state index in [9.17, 15) is 14.4 Å². The predicted molar refractivity (Wildman–Crippen MR) is 137 cm³/mol. The molecule has 0 saturated heterocycles. The van der Waals surface area contributed by atoms with Crippen molar-refractivity contribution in [2.75, 3.05) is 6.61 Å². The van der Waals surface area contributed by atoms with Crippen LogP contribution in [0.3, 0.4) is 0 Å². The van der Waals surface area contributed by atoms with E-state index in [-0.39, 0.29) is 29.8 Å². The van der Waals surface area contributed by atoms with Gasteiger partial charge < -0.3 is 15.3 Å². The Morgan fingerprint density at radius 3 is 1.89 bits per heavy atom. The zero-order valence-electron chi connectivity index (χ0n) is 20.2. The van der Waals surface area contributed by atoms with Gasteiger partial charge in [0, 0.05) is 30.1 Å². The number of aldehydes is 1. The summed E-state index contributed by atoms with van der Waals surface area (Å²) in [6.45, 7) is 3.55. The number of hydrogen-bond donors (Lipinski definition) is 3.